The fraction of sp³-hybridized carbons (Fsp3) is 0.737. The van der Waals surface area contributed by atoms with E-state index in [1.165, 1.54) is 17.7 Å². The summed E-state index contributed by atoms with van der Waals surface area (Å²) >= 11 is 1.71. The first-order valence-electron chi connectivity index (χ1n) is 9.33. The number of thiophene rings is 1. The Morgan fingerprint density at radius 1 is 1.33 bits per heavy atom. The molecule has 0 bridgehead atoms. The van der Waals surface area contributed by atoms with E-state index >= 15 is 0 Å². The molecule has 134 valence electrons. The number of amides is 2. The molecule has 1 saturated heterocycles. The van der Waals surface area contributed by atoms with Gasteiger partial charge in [0.15, 0.2) is 0 Å². The Morgan fingerprint density at radius 3 is 2.92 bits per heavy atom. The van der Waals surface area contributed by atoms with Gasteiger partial charge in [-0.3, -0.25) is 0 Å². The number of hydrogen-bond acceptors (Lipinski definition) is 3. The standard InChI is InChI=1S/C19H30N2O2S/c1-14-6-3-9-18(15(14)2)20-19(22)21(12-16-7-4-10-23-16)13-17-8-5-11-24-17/h5,8,11,14-16,18H,3-4,6-7,9-10,12-13H2,1-2H3,(H,20,22). The van der Waals surface area contributed by atoms with Crippen molar-refractivity contribution < 1.29 is 9.53 Å². The Balaban J connectivity index is 1.63. The largest absolute Gasteiger partial charge is 0.376 e. The maximum absolute atomic E-state index is 12.9. The summed E-state index contributed by atoms with van der Waals surface area (Å²) in [5.74, 6) is 1.24. The molecule has 1 aromatic heterocycles. The molecular formula is C19H30N2O2S. The summed E-state index contributed by atoms with van der Waals surface area (Å²) in [5, 5.41) is 5.39. The van der Waals surface area contributed by atoms with Gasteiger partial charge in [0.1, 0.15) is 0 Å². The monoisotopic (exact) mass is 350 g/mol. The molecule has 1 aromatic rings. The number of rotatable bonds is 5. The van der Waals surface area contributed by atoms with Crippen LogP contribution in [0.5, 0.6) is 0 Å². The molecule has 4 atom stereocenters. The van der Waals surface area contributed by atoms with Crippen LogP contribution in [0.1, 0.15) is 50.8 Å². The minimum atomic E-state index is 0.0739. The van der Waals surface area contributed by atoms with Crippen LogP contribution in [0.15, 0.2) is 17.5 Å². The normalized spacial score (nSPS) is 30.2. The lowest BCUT2D eigenvalue weighted by molar-refractivity contribution is 0.0775. The number of nitrogens with one attached hydrogen (secondary N) is 1. The molecule has 1 N–H and O–H groups in total. The topological polar surface area (TPSA) is 41.6 Å². The van der Waals surface area contributed by atoms with E-state index in [-0.39, 0.29) is 12.1 Å². The molecule has 5 heteroatoms. The van der Waals surface area contributed by atoms with Gasteiger partial charge in [-0.2, -0.15) is 0 Å². The highest BCUT2D eigenvalue weighted by Gasteiger charge is 2.30. The molecule has 0 aromatic carbocycles. The highest BCUT2D eigenvalue weighted by Crippen LogP contribution is 2.29. The third-order valence-corrected chi connectivity index (χ3v) is 6.54. The van der Waals surface area contributed by atoms with Crippen LogP contribution in [0.25, 0.3) is 0 Å². The van der Waals surface area contributed by atoms with Gasteiger partial charge in [0, 0.05) is 24.1 Å². The smallest absolute Gasteiger partial charge is 0.318 e. The summed E-state index contributed by atoms with van der Waals surface area (Å²) in [6, 6.07) is 4.53. The van der Waals surface area contributed by atoms with E-state index in [9.17, 15) is 4.79 Å². The Labute approximate surface area is 149 Å². The first-order valence-corrected chi connectivity index (χ1v) is 10.2. The lowest BCUT2D eigenvalue weighted by Crippen LogP contribution is -2.50. The third-order valence-electron chi connectivity index (χ3n) is 5.68. The summed E-state index contributed by atoms with van der Waals surface area (Å²) in [6.45, 7) is 6.79. The Morgan fingerprint density at radius 2 is 2.21 bits per heavy atom. The van der Waals surface area contributed by atoms with Crippen LogP contribution in [0.4, 0.5) is 4.79 Å². The van der Waals surface area contributed by atoms with Crippen molar-refractivity contribution in [2.45, 2.75) is 64.6 Å². The maximum Gasteiger partial charge on any atom is 0.318 e. The van der Waals surface area contributed by atoms with E-state index in [2.05, 4.69) is 30.6 Å². The van der Waals surface area contributed by atoms with Crippen LogP contribution in [-0.4, -0.2) is 36.2 Å². The number of carbonyl (C=O) groups excluding carboxylic acids is 1. The van der Waals surface area contributed by atoms with E-state index < -0.39 is 0 Å². The van der Waals surface area contributed by atoms with Crippen LogP contribution >= 0.6 is 11.3 Å². The molecule has 0 spiro atoms. The zero-order chi connectivity index (χ0) is 16.9. The predicted octanol–water partition coefficient (Wildman–Crippen LogP) is 4.26. The average Bonchev–Trinajstić information content (AvgIpc) is 3.25. The molecule has 2 heterocycles. The summed E-state index contributed by atoms with van der Waals surface area (Å²) in [4.78, 5) is 16.1. The highest BCUT2D eigenvalue weighted by atomic mass is 32.1. The van der Waals surface area contributed by atoms with Crippen molar-refractivity contribution in [3.63, 3.8) is 0 Å². The Hall–Kier alpha value is -1.07. The van der Waals surface area contributed by atoms with E-state index in [1.807, 2.05) is 11.0 Å². The molecule has 2 amide bonds. The van der Waals surface area contributed by atoms with Crippen molar-refractivity contribution in [3.8, 4) is 0 Å². The second kappa shape index (κ2) is 8.34. The van der Waals surface area contributed by atoms with Gasteiger partial charge in [-0.15, -0.1) is 11.3 Å². The van der Waals surface area contributed by atoms with Gasteiger partial charge in [0.2, 0.25) is 0 Å². The van der Waals surface area contributed by atoms with Gasteiger partial charge in [0.25, 0.3) is 0 Å². The summed E-state index contributed by atoms with van der Waals surface area (Å²) < 4.78 is 5.76. The number of urea groups is 1. The molecule has 4 nitrogen and oxygen atoms in total. The fourth-order valence-corrected chi connectivity index (χ4v) is 4.60. The maximum atomic E-state index is 12.9. The summed E-state index contributed by atoms with van der Waals surface area (Å²) in [5.41, 5.74) is 0. The summed E-state index contributed by atoms with van der Waals surface area (Å²) in [6.07, 6.45) is 5.96. The molecule has 1 saturated carbocycles. The quantitative estimate of drug-likeness (QED) is 0.862. The van der Waals surface area contributed by atoms with Gasteiger partial charge in [-0.1, -0.05) is 32.8 Å². The Bertz CT molecular complexity index is 513. The van der Waals surface area contributed by atoms with Crippen LogP contribution in [0.3, 0.4) is 0 Å². The van der Waals surface area contributed by atoms with Crippen molar-refractivity contribution in [2.75, 3.05) is 13.2 Å². The van der Waals surface area contributed by atoms with Crippen molar-refractivity contribution in [3.05, 3.63) is 22.4 Å². The van der Waals surface area contributed by atoms with Gasteiger partial charge < -0.3 is 15.0 Å². The molecule has 1 aliphatic carbocycles. The molecule has 2 fully saturated rings. The van der Waals surface area contributed by atoms with Gasteiger partial charge in [-0.25, -0.2) is 4.79 Å². The molecule has 3 rings (SSSR count). The molecule has 4 unspecified atom stereocenters. The third kappa shape index (κ3) is 4.51. The average molecular weight is 351 g/mol. The Kier molecular flexibility index (Phi) is 6.17. The molecular weight excluding hydrogens is 320 g/mol. The van der Waals surface area contributed by atoms with Gasteiger partial charge in [-0.05, 0) is 42.5 Å². The molecule has 2 aliphatic rings. The molecule has 1 aliphatic heterocycles. The fourth-order valence-electron chi connectivity index (χ4n) is 3.88. The van der Waals surface area contributed by atoms with E-state index in [0.717, 1.165) is 25.9 Å². The zero-order valence-corrected chi connectivity index (χ0v) is 15.7. The molecule has 0 radical (unpaired) electrons. The van der Waals surface area contributed by atoms with Crippen LogP contribution < -0.4 is 5.32 Å². The minimum Gasteiger partial charge on any atom is -0.376 e. The lowest BCUT2D eigenvalue weighted by Gasteiger charge is -2.36. The SMILES string of the molecule is CC1CCCC(NC(=O)N(Cc2cccs2)CC2CCCO2)C1C. The lowest BCUT2D eigenvalue weighted by atomic mass is 9.78. The first-order chi connectivity index (χ1) is 11.6. The first kappa shape index (κ1) is 17.7. The highest BCUT2D eigenvalue weighted by molar-refractivity contribution is 7.09. The number of nitrogens with zero attached hydrogens (tertiary/aromatic N) is 1. The second-order valence-electron chi connectivity index (χ2n) is 7.42. The van der Waals surface area contributed by atoms with Crippen LogP contribution in [0, 0.1) is 11.8 Å². The second-order valence-corrected chi connectivity index (χ2v) is 8.45. The van der Waals surface area contributed by atoms with Gasteiger partial charge >= 0.3 is 6.03 Å². The van der Waals surface area contributed by atoms with Crippen molar-refractivity contribution in [2.24, 2.45) is 11.8 Å². The van der Waals surface area contributed by atoms with E-state index in [0.29, 0.717) is 31.0 Å². The number of ether oxygens (including phenoxy) is 1. The molecule has 24 heavy (non-hydrogen) atoms. The summed E-state index contributed by atoms with van der Waals surface area (Å²) in [7, 11) is 0. The number of carbonyl (C=O) groups is 1. The van der Waals surface area contributed by atoms with Crippen molar-refractivity contribution >= 4 is 17.4 Å². The van der Waals surface area contributed by atoms with Crippen molar-refractivity contribution in [1.29, 1.82) is 0 Å². The van der Waals surface area contributed by atoms with Crippen LogP contribution in [0.2, 0.25) is 0 Å². The zero-order valence-electron chi connectivity index (χ0n) is 14.9. The van der Waals surface area contributed by atoms with E-state index in [4.69, 9.17) is 4.74 Å². The minimum absolute atomic E-state index is 0.0739. The van der Waals surface area contributed by atoms with Gasteiger partial charge in [0.05, 0.1) is 12.6 Å². The van der Waals surface area contributed by atoms with Crippen molar-refractivity contribution in [1.82, 2.24) is 10.2 Å². The number of hydrogen-bond donors (Lipinski definition) is 1. The van der Waals surface area contributed by atoms with Crippen LogP contribution in [-0.2, 0) is 11.3 Å². The van der Waals surface area contributed by atoms with E-state index in [1.54, 1.807) is 11.3 Å². The predicted molar refractivity (Wildman–Crippen MR) is 98.2 cm³/mol.